The molecule has 2 aromatic carbocycles. The molecule has 0 saturated heterocycles. The molecule has 4 heteroatoms. The minimum Gasteiger partial charge on any atom is -0.496 e. The Morgan fingerprint density at radius 3 is 2.22 bits per heavy atom. The van der Waals surface area contributed by atoms with Crippen molar-refractivity contribution in [2.75, 3.05) is 7.11 Å². The van der Waals surface area contributed by atoms with E-state index in [1.807, 2.05) is 42.5 Å². The Labute approximate surface area is 123 Å². The zero-order valence-corrected chi connectivity index (χ0v) is 12.9. The summed E-state index contributed by atoms with van der Waals surface area (Å²) in [6.45, 7) is 0. The summed E-state index contributed by atoms with van der Waals surface area (Å²) in [5, 5.41) is 10.4. The van der Waals surface area contributed by atoms with Crippen molar-refractivity contribution in [1.29, 1.82) is 0 Å². The van der Waals surface area contributed by atoms with Crippen LogP contribution < -0.4 is 4.74 Å². The molecule has 2 rings (SSSR count). The monoisotopic (exact) mass is 370 g/mol. The minimum absolute atomic E-state index is 0.666. The van der Waals surface area contributed by atoms with Crippen molar-refractivity contribution in [2.24, 2.45) is 0 Å². The van der Waals surface area contributed by atoms with Crippen molar-refractivity contribution < 1.29 is 9.84 Å². The molecule has 0 amide bonds. The first-order valence-corrected chi connectivity index (χ1v) is 6.97. The number of halogens is 2. The maximum Gasteiger partial charge on any atom is 0.126 e. The summed E-state index contributed by atoms with van der Waals surface area (Å²) < 4.78 is 7.20. The number of hydrogen-bond donors (Lipinski definition) is 1. The molecule has 0 aliphatic heterocycles. The van der Waals surface area contributed by atoms with Gasteiger partial charge in [0.15, 0.2) is 0 Å². The van der Waals surface area contributed by atoms with Crippen LogP contribution in [-0.4, -0.2) is 12.2 Å². The second-order valence-electron chi connectivity index (χ2n) is 3.84. The molecular formula is C14H12Br2O2. The van der Waals surface area contributed by atoms with Gasteiger partial charge in [-0.05, 0) is 29.8 Å². The molecule has 0 heterocycles. The molecule has 0 aromatic heterocycles. The van der Waals surface area contributed by atoms with Crippen molar-refractivity contribution in [3.05, 3.63) is 62.5 Å². The van der Waals surface area contributed by atoms with Crippen LogP contribution in [0.2, 0.25) is 0 Å². The molecule has 0 aliphatic rings. The van der Waals surface area contributed by atoms with Crippen LogP contribution in [0.1, 0.15) is 17.2 Å². The van der Waals surface area contributed by atoms with Gasteiger partial charge >= 0.3 is 0 Å². The van der Waals surface area contributed by atoms with Crippen molar-refractivity contribution in [3.63, 3.8) is 0 Å². The van der Waals surface area contributed by atoms with Gasteiger partial charge in [-0.2, -0.15) is 0 Å². The van der Waals surface area contributed by atoms with Gasteiger partial charge in [0.1, 0.15) is 11.9 Å². The fourth-order valence-corrected chi connectivity index (χ4v) is 2.34. The standard InChI is InChI=1S/C14H12Br2O2/c1-18-13-8-11(16)6-7-12(13)14(17)9-2-4-10(15)5-3-9/h2-8,14,17H,1H3. The van der Waals surface area contributed by atoms with Crippen LogP contribution in [0.15, 0.2) is 51.4 Å². The van der Waals surface area contributed by atoms with Crippen LogP contribution in [-0.2, 0) is 0 Å². The van der Waals surface area contributed by atoms with Crippen molar-refractivity contribution >= 4 is 31.9 Å². The number of methoxy groups -OCH3 is 1. The van der Waals surface area contributed by atoms with Crippen LogP contribution in [0.25, 0.3) is 0 Å². The third-order valence-electron chi connectivity index (χ3n) is 2.68. The molecule has 0 saturated carbocycles. The summed E-state index contributed by atoms with van der Waals surface area (Å²) in [6.07, 6.45) is -0.693. The summed E-state index contributed by atoms with van der Waals surface area (Å²) in [7, 11) is 1.60. The number of ether oxygens (including phenoxy) is 1. The lowest BCUT2D eigenvalue weighted by Gasteiger charge is -2.15. The molecule has 0 bridgehead atoms. The van der Waals surface area contributed by atoms with E-state index < -0.39 is 6.10 Å². The van der Waals surface area contributed by atoms with Gasteiger partial charge in [0, 0.05) is 14.5 Å². The van der Waals surface area contributed by atoms with Gasteiger partial charge in [0.25, 0.3) is 0 Å². The second-order valence-corrected chi connectivity index (χ2v) is 5.67. The van der Waals surface area contributed by atoms with E-state index in [0.717, 1.165) is 20.1 Å². The molecule has 1 atom stereocenters. The maximum atomic E-state index is 10.4. The Kier molecular flexibility index (Phi) is 4.43. The smallest absolute Gasteiger partial charge is 0.126 e. The van der Waals surface area contributed by atoms with Crippen LogP contribution >= 0.6 is 31.9 Å². The lowest BCUT2D eigenvalue weighted by Crippen LogP contribution is -2.02. The van der Waals surface area contributed by atoms with Crippen molar-refractivity contribution in [2.45, 2.75) is 6.10 Å². The largest absolute Gasteiger partial charge is 0.496 e. The predicted octanol–water partition coefficient (Wildman–Crippen LogP) is 4.30. The van der Waals surface area contributed by atoms with Crippen LogP contribution in [0.3, 0.4) is 0 Å². The molecule has 0 aliphatic carbocycles. The van der Waals surface area contributed by atoms with Gasteiger partial charge in [0.05, 0.1) is 7.11 Å². The van der Waals surface area contributed by atoms with Crippen LogP contribution in [0, 0.1) is 0 Å². The first-order valence-electron chi connectivity index (χ1n) is 5.39. The lowest BCUT2D eigenvalue weighted by atomic mass is 10.0. The first-order chi connectivity index (χ1) is 8.61. The number of aliphatic hydroxyl groups is 1. The van der Waals surface area contributed by atoms with E-state index in [0.29, 0.717) is 5.75 Å². The Balaban J connectivity index is 2.39. The highest BCUT2D eigenvalue weighted by Crippen LogP contribution is 2.32. The van der Waals surface area contributed by atoms with Gasteiger partial charge < -0.3 is 9.84 Å². The molecular weight excluding hydrogens is 360 g/mol. The molecule has 0 radical (unpaired) electrons. The van der Waals surface area contributed by atoms with E-state index in [1.54, 1.807) is 7.11 Å². The van der Waals surface area contributed by atoms with E-state index >= 15 is 0 Å². The fraction of sp³-hybridized carbons (Fsp3) is 0.143. The third kappa shape index (κ3) is 2.94. The highest BCUT2D eigenvalue weighted by molar-refractivity contribution is 9.10. The summed E-state index contributed by atoms with van der Waals surface area (Å²) in [5.41, 5.74) is 1.59. The summed E-state index contributed by atoms with van der Waals surface area (Å²) in [4.78, 5) is 0. The molecule has 94 valence electrons. The topological polar surface area (TPSA) is 29.5 Å². The molecule has 2 aromatic rings. The molecule has 0 fully saturated rings. The van der Waals surface area contributed by atoms with E-state index in [9.17, 15) is 5.11 Å². The average Bonchev–Trinajstić information content (AvgIpc) is 2.38. The van der Waals surface area contributed by atoms with Crippen LogP contribution in [0.5, 0.6) is 5.75 Å². The van der Waals surface area contributed by atoms with E-state index in [4.69, 9.17) is 4.74 Å². The van der Waals surface area contributed by atoms with Crippen molar-refractivity contribution in [3.8, 4) is 5.75 Å². The SMILES string of the molecule is COc1cc(Br)ccc1C(O)c1ccc(Br)cc1. The highest BCUT2D eigenvalue weighted by Gasteiger charge is 2.15. The lowest BCUT2D eigenvalue weighted by molar-refractivity contribution is 0.214. The zero-order valence-electron chi connectivity index (χ0n) is 9.73. The van der Waals surface area contributed by atoms with Gasteiger partial charge in [-0.15, -0.1) is 0 Å². The summed E-state index contributed by atoms with van der Waals surface area (Å²) >= 11 is 6.76. The Hall–Kier alpha value is -0.840. The number of benzene rings is 2. The number of hydrogen-bond acceptors (Lipinski definition) is 2. The normalized spacial score (nSPS) is 12.2. The molecule has 18 heavy (non-hydrogen) atoms. The Morgan fingerprint density at radius 1 is 1.00 bits per heavy atom. The maximum absolute atomic E-state index is 10.4. The van der Waals surface area contributed by atoms with Gasteiger partial charge in [-0.25, -0.2) is 0 Å². The van der Waals surface area contributed by atoms with E-state index in [-0.39, 0.29) is 0 Å². The van der Waals surface area contributed by atoms with Gasteiger partial charge in [-0.1, -0.05) is 50.1 Å². The summed E-state index contributed by atoms with van der Waals surface area (Å²) in [5.74, 6) is 0.666. The van der Waals surface area contributed by atoms with E-state index in [1.165, 1.54) is 0 Å². The third-order valence-corrected chi connectivity index (χ3v) is 3.70. The van der Waals surface area contributed by atoms with Crippen LogP contribution in [0.4, 0.5) is 0 Å². The highest BCUT2D eigenvalue weighted by atomic mass is 79.9. The van der Waals surface area contributed by atoms with Gasteiger partial charge in [-0.3, -0.25) is 0 Å². The van der Waals surface area contributed by atoms with E-state index in [2.05, 4.69) is 31.9 Å². The molecule has 1 N–H and O–H groups in total. The number of aliphatic hydroxyl groups excluding tert-OH is 1. The quantitative estimate of drug-likeness (QED) is 0.871. The summed E-state index contributed by atoms with van der Waals surface area (Å²) in [6, 6.07) is 13.2. The fourth-order valence-electron chi connectivity index (χ4n) is 1.74. The predicted molar refractivity (Wildman–Crippen MR) is 78.9 cm³/mol. The Bertz CT molecular complexity index is 538. The second kappa shape index (κ2) is 5.87. The average molecular weight is 372 g/mol. The zero-order chi connectivity index (χ0) is 13.1. The molecule has 2 nitrogen and oxygen atoms in total. The Morgan fingerprint density at radius 2 is 1.61 bits per heavy atom. The molecule has 1 unspecified atom stereocenters. The number of rotatable bonds is 3. The first kappa shape index (κ1) is 13.6. The van der Waals surface area contributed by atoms with Gasteiger partial charge in [0.2, 0.25) is 0 Å². The van der Waals surface area contributed by atoms with Crippen molar-refractivity contribution in [1.82, 2.24) is 0 Å². The minimum atomic E-state index is -0.693. The molecule has 0 spiro atoms.